The summed E-state index contributed by atoms with van der Waals surface area (Å²) in [6, 6.07) is 9.05. The van der Waals surface area contributed by atoms with Crippen LogP contribution in [0.25, 0.3) is 0 Å². The van der Waals surface area contributed by atoms with Crippen molar-refractivity contribution in [3.05, 3.63) is 47.9 Å². The van der Waals surface area contributed by atoms with Crippen LogP contribution in [0.15, 0.2) is 41.0 Å². The van der Waals surface area contributed by atoms with Crippen molar-refractivity contribution < 1.29 is 14.3 Å². The minimum atomic E-state index is 0.0885. The van der Waals surface area contributed by atoms with Crippen molar-refractivity contribution in [1.29, 1.82) is 0 Å². The Hall–Kier alpha value is -1.94. The monoisotopic (exact) mass is 247 g/mol. The maximum atomic E-state index is 9.75. The van der Waals surface area contributed by atoms with Gasteiger partial charge in [-0.25, -0.2) is 0 Å². The molecule has 0 aliphatic carbocycles. The molecule has 18 heavy (non-hydrogen) atoms. The number of ether oxygens (including phenoxy) is 1. The van der Waals surface area contributed by atoms with Crippen LogP contribution in [-0.2, 0) is 6.54 Å². The number of phenols is 1. The molecule has 0 aliphatic rings. The Labute approximate surface area is 106 Å². The molecular formula is C14H17NO3. The van der Waals surface area contributed by atoms with Gasteiger partial charge >= 0.3 is 0 Å². The lowest BCUT2D eigenvalue weighted by atomic mass is 10.1. The first kappa shape index (κ1) is 12.5. The molecule has 0 spiro atoms. The van der Waals surface area contributed by atoms with E-state index in [2.05, 4.69) is 5.32 Å². The lowest BCUT2D eigenvalue weighted by molar-refractivity contribution is 0.405. The van der Waals surface area contributed by atoms with E-state index in [1.165, 1.54) is 0 Å². The molecule has 4 nitrogen and oxygen atoms in total. The first-order chi connectivity index (χ1) is 8.70. The van der Waals surface area contributed by atoms with Gasteiger partial charge in [-0.3, -0.25) is 0 Å². The number of aromatic hydroxyl groups is 1. The zero-order valence-corrected chi connectivity index (χ0v) is 10.5. The second-order valence-electron chi connectivity index (χ2n) is 4.11. The molecule has 0 aliphatic heterocycles. The third-order valence-corrected chi connectivity index (χ3v) is 2.86. The summed E-state index contributed by atoms with van der Waals surface area (Å²) in [7, 11) is 1.61. The van der Waals surface area contributed by atoms with E-state index in [1.54, 1.807) is 25.5 Å². The highest BCUT2D eigenvalue weighted by molar-refractivity contribution is 5.39. The molecule has 96 valence electrons. The Morgan fingerprint density at radius 1 is 1.39 bits per heavy atom. The van der Waals surface area contributed by atoms with Gasteiger partial charge in [-0.2, -0.15) is 0 Å². The summed E-state index contributed by atoms with van der Waals surface area (Å²) in [5.74, 6) is 1.86. The van der Waals surface area contributed by atoms with Crippen LogP contribution < -0.4 is 10.1 Å². The summed E-state index contributed by atoms with van der Waals surface area (Å²) in [4.78, 5) is 0. The third-order valence-electron chi connectivity index (χ3n) is 2.86. The summed E-state index contributed by atoms with van der Waals surface area (Å²) in [6.45, 7) is 2.56. The Morgan fingerprint density at radius 3 is 2.89 bits per heavy atom. The summed E-state index contributed by atoms with van der Waals surface area (Å²) in [5, 5.41) is 13.0. The number of benzene rings is 1. The molecule has 0 fully saturated rings. The summed E-state index contributed by atoms with van der Waals surface area (Å²) < 4.78 is 10.4. The molecule has 1 aromatic heterocycles. The zero-order valence-electron chi connectivity index (χ0n) is 10.5. The predicted octanol–water partition coefficient (Wildman–Crippen LogP) is 2.84. The number of phenolic OH excluding ortho intramolecular Hbond substituents is 1. The van der Waals surface area contributed by atoms with Gasteiger partial charge in [-0.1, -0.05) is 0 Å². The van der Waals surface area contributed by atoms with Crippen LogP contribution in [-0.4, -0.2) is 12.2 Å². The van der Waals surface area contributed by atoms with Crippen LogP contribution in [0.3, 0.4) is 0 Å². The van der Waals surface area contributed by atoms with Crippen LogP contribution in [0.5, 0.6) is 11.5 Å². The summed E-state index contributed by atoms with van der Waals surface area (Å²) in [5.41, 5.74) is 0.799. The Kier molecular flexibility index (Phi) is 3.89. The topological polar surface area (TPSA) is 54.6 Å². The number of rotatable bonds is 5. The first-order valence-electron chi connectivity index (χ1n) is 5.83. The lowest BCUT2D eigenvalue weighted by Crippen LogP contribution is -2.17. The fourth-order valence-electron chi connectivity index (χ4n) is 1.73. The average Bonchev–Trinajstić information content (AvgIpc) is 2.91. The molecule has 2 aromatic rings. The van der Waals surface area contributed by atoms with E-state index in [4.69, 9.17) is 9.15 Å². The Balaban J connectivity index is 2.01. The van der Waals surface area contributed by atoms with Crippen molar-refractivity contribution in [2.24, 2.45) is 0 Å². The SMILES string of the molecule is COc1ccc(O)c(CNC(C)c2ccco2)c1. The van der Waals surface area contributed by atoms with Crippen LogP contribution in [0.4, 0.5) is 0 Å². The van der Waals surface area contributed by atoms with Crippen molar-refractivity contribution in [1.82, 2.24) is 5.32 Å². The highest BCUT2D eigenvalue weighted by Crippen LogP contribution is 2.23. The van der Waals surface area contributed by atoms with Crippen molar-refractivity contribution in [2.75, 3.05) is 7.11 Å². The van der Waals surface area contributed by atoms with E-state index < -0.39 is 0 Å². The molecule has 1 aromatic carbocycles. The standard InChI is InChI=1S/C14H17NO3/c1-10(14-4-3-7-18-14)15-9-11-8-12(17-2)5-6-13(11)16/h3-8,10,15-16H,9H2,1-2H3. The fraction of sp³-hybridized carbons (Fsp3) is 0.286. The first-order valence-corrected chi connectivity index (χ1v) is 5.83. The average molecular weight is 247 g/mol. The molecule has 2 N–H and O–H groups in total. The number of hydrogen-bond donors (Lipinski definition) is 2. The van der Waals surface area contributed by atoms with Gasteiger partial charge in [0.25, 0.3) is 0 Å². The van der Waals surface area contributed by atoms with Gasteiger partial charge in [0, 0.05) is 12.1 Å². The second-order valence-corrected chi connectivity index (χ2v) is 4.11. The molecular weight excluding hydrogens is 230 g/mol. The van der Waals surface area contributed by atoms with Gasteiger partial charge in [0.15, 0.2) is 0 Å². The van der Waals surface area contributed by atoms with Crippen molar-refractivity contribution in [2.45, 2.75) is 19.5 Å². The van der Waals surface area contributed by atoms with E-state index in [1.807, 2.05) is 25.1 Å². The molecule has 0 bridgehead atoms. The largest absolute Gasteiger partial charge is 0.508 e. The predicted molar refractivity (Wildman–Crippen MR) is 68.6 cm³/mol. The van der Waals surface area contributed by atoms with Crippen LogP contribution in [0.2, 0.25) is 0 Å². The lowest BCUT2D eigenvalue weighted by Gasteiger charge is -2.13. The highest BCUT2D eigenvalue weighted by Gasteiger charge is 2.09. The maximum Gasteiger partial charge on any atom is 0.120 e. The van der Waals surface area contributed by atoms with Gasteiger partial charge in [0.2, 0.25) is 0 Å². The Morgan fingerprint density at radius 2 is 2.22 bits per heavy atom. The summed E-state index contributed by atoms with van der Waals surface area (Å²) >= 11 is 0. The fourth-order valence-corrected chi connectivity index (χ4v) is 1.73. The molecule has 1 heterocycles. The molecule has 2 rings (SSSR count). The number of hydrogen-bond acceptors (Lipinski definition) is 4. The van der Waals surface area contributed by atoms with Crippen molar-refractivity contribution >= 4 is 0 Å². The number of furan rings is 1. The Bertz CT molecular complexity index is 494. The van der Waals surface area contributed by atoms with Crippen LogP contribution in [0.1, 0.15) is 24.3 Å². The molecule has 0 saturated heterocycles. The maximum absolute atomic E-state index is 9.75. The molecule has 0 amide bonds. The summed E-state index contributed by atoms with van der Waals surface area (Å²) in [6.07, 6.45) is 1.65. The van der Waals surface area contributed by atoms with Crippen molar-refractivity contribution in [3.8, 4) is 11.5 Å². The molecule has 1 unspecified atom stereocenters. The normalized spacial score (nSPS) is 12.3. The van der Waals surface area contributed by atoms with E-state index in [0.717, 1.165) is 17.1 Å². The van der Waals surface area contributed by atoms with Crippen LogP contribution >= 0.6 is 0 Å². The second kappa shape index (κ2) is 5.60. The van der Waals surface area contributed by atoms with E-state index in [9.17, 15) is 5.11 Å². The highest BCUT2D eigenvalue weighted by atomic mass is 16.5. The van der Waals surface area contributed by atoms with Gasteiger partial charge in [-0.05, 0) is 37.3 Å². The smallest absolute Gasteiger partial charge is 0.120 e. The molecule has 0 saturated carbocycles. The molecule has 0 radical (unpaired) electrons. The molecule has 4 heteroatoms. The minimum Gasteiger partial charge on any atom is -0.508 e. The van der Waals surface area contributed by atoms with Gasteiger partial charge in [0.05, 0.1) is 19.4 Å². The van der Waals surface area contributed by atoms with Crippen molar-refractivity contribution in [3.63, 3.8) is 0 Å². The van der Waals surface area contributed by atoms with Crippen LogP contribution in [0, 0.1) is 0 Å². The third kappa shape index (κ3) is 2.84. The number of nitrogens with one attached hydrogen (secondary N) is 1. The van der Waals surface area contributed by atoms with Gasteiger partial charge < -0.3 is 19.6 Å². The van der Waals surface area contributed by atoms with E-state index >= 15 is 0 Å². The minimum absolute atomic E-state index is 0.0885. The number of methoxy groups -OCH3 is 1. The van der Waals surface area contributed by atoms with E-state index in [-0.39, 0.29) is 11.8 Å². The van der Waals surface area contributed by atoms with Gasteiger partial charge in [0.1, 0.15) is 17.3 Å². The quantitative estimate of drug-likeness (QED) is 0.853. The zero-order chi connectivity index (χ0) is 13.0. The molecule has 1 atom stereocenters. The van der Waals surface area contributed by atoms with Gasteiger partial charge in [-0.15, -0.1) is 0 Å². The van der Waals surface area contributed by atoms with E-state index in [0.29, 0.717) is 6.54 Å².